The molecule has 7 atom stereocenters. The lowest BCUT2D eigenvalue weighted by Gasteiger charge is -2.38. The van der Waals surface area contributed by atoms with E-state index in [0.29, 0.717) is 57.3 Å². The van der Waals surface area contributed by atoms with Crippen molar-refractivity contribution in [3.63, 3.8) is 0 Å². The van der Waals surface area contributed by atoms with E-state index in [1.54, 1.807) is 11.0 Å². The number of rotatable bonds is 23. The summed E-state index contributed by atoms with van der Waals surface area (Å²) in [6.07, 6.45) is 15.1. The van der Waals surface area contributed by atoms with Gasteiger partial charge < -0.3 is 41.7 Å². The molecule has 8 rings (SSSR count). The summed E-state index contributed by atoms with van der Waals surface area (Å²) < 4.78 is 0. The summed E-state index contributed by atoms with van der Waals surface area (Å²) in [5.74, 6) is -5.28. The number of carbonyl (C=O) groups is 10. The van der Waals surface area contributed by atoms with Crippen LogP contribution in [0.15, 0.2) is 30.6 Å². The molecule has 3 saturated carbocycles. The maximum absolute atomic E-state index is 14.9. The number of imide groups is 1. The van der Waals surface area contributed by atoms with E-state index in [9.17, 15) is 47.9 Å². The van der Waals surface area contributed by atoms with Crippen molar-refractivity contribution in [2.75, 3.05) is 25.0 Å². The normalized spacial score (nSPS) is 22.5. The van der Waals surface area contributed by atoms with Crippen LogP contribution in [0.2, 0.25) is 0 Å². The van der Waals surface area contributed by atoms with Crippen molar-refractivity contribution < 1.29 is 47.9 Å². The summed E-state index contributed by atoms with van der Waals surface area (Å²) >= 11 is 0. The van der Waals surface area contributed by atoms with Crippen molar-refractivity contribution in [1.29, 1.82) is 0 Å². The Labute approximate surface area is 450 Å². The second-order valence-electron chi connectivity index (χ2n) is 23.0. The average Bonchev–Trinajstić information content (AvgIpc) is 3.93. The summed E-state index contributed by atoms with van der Waals surface area (Å²) in [4.78, 5) is 146. The number of nitrogens with one attached hydrogen (secondary N) is 7. The Hall–Kier alpha value is -6.80. The molecule has 3 aliphatic heterocycles. The molecule has 5 fully saturated rings. The van der Waals surface area contributed by atoms with Crippen LogP contribution < -0.4 is 37.2 Å². The lowest BCUT2D eigenvalue weighted by molar-refractivity contribution is -0.146. The zero-order valence-corrected chi connectivity index (χ0v) is 45.0. The fourth-order valence-corrected chi connectivity index (χ4v) is 11.9. The topological polar surface area (TPSA) is 287 Å². The molecule has 77 heavy (non-hydrogen) atoms. The highest BCUT2D eigenvalue weighted by atomic mass is 16.2. The van der Waals surface area contributed by atoms with E-state index in [-0.39, 0.29) is 66.4 Å². The number of hydrogen-bond acceptors (Lipinski definition) is 13. The molecule has 7 N–H and O–H groups in total. The molecule has 3 aliphatic carbocycles. The predicted octanol–water partition coefficient (Wildman–Crippen LogP) is 3.61. The molecule has 2 aromatic rings. The van der Waals surface area contributed by atoms with Crippen molar-refractivity contribution in [3.05, 3.63) is 53.1 Å². The Morgan fingerprint density at radius 2 is 1.51 bits per heavy atom. The van der Waals surface area contributed by atoms with E-state index in [0.717, 1.165) is 81.9 Å². The van der Waals surface area contributed by atoms with Gasteiger partial charge in [0.1, 0.15) is 35.6 Å². The molecule has 2 saturated heterocycles. The highest BCUT2D eigenvalue weighted by molar-refractivity contribution is 6.38. The van der Waals surface area contributed by atoms with Gasteiger partial charge in [0, 0.05) is 55.5 Å². The fourth-order valence-electron chi connectivity index (χ4n) is 11.9. The number of Topliss-reactive ketones (excluding diaryl/α,β-unsaturated/α-hetero) is 1. The number of ketones is 1. The van der Waals surface area contributed by atoms with Gasteiger partial charge in [0.05, 0.1) is 18.4 Å². The standard InChI is InChI=1S/C56H77N11O10/c1-5-15-39(46(69)53(75)61-34-22-23-34)62-52(74)45-35-19-13-18-33(35)30-67(45)55(77)47(56(2,3)4)65-51(73)44(32-16-9-8-10-17-32)64-49(71)41-29-59-40(28-60-41)48(70)58-27-12-7-6-11-26-57-38-21-14-20-36-37(38)31-66(54(36)76)42-24-25-43(68)63-50(42)72/h14,20-21,28-29,32-35,39,42,44-45,47,57H,5-13,15-19,22-27,30-31H2,1-4H3,(H,58,70)(H,61,75)(H,62,74)(H,64,71)(H,65,73)(H,63,68,72)/t33-,35?,39-,42?,44-,45-,47+/m0/s1. The third-order valence-electron chi connectivity index (χ3n) is 16.3. The molecule has 1 aromatic carbocycles. The lowest BCUT2D eigenvalue weighted by atomic mass is 9.82. The number of amides is 9. The number of benzene rings is 1. The maximum atomic E-state index is 14.9. The van der Waals surface area contributed by atoms with Gasteiger partial charge in [-0.1, -0.05) is 78.7 Å². The van der Waals surface area contributed by atoms with Crippen LogP contribution in [0.25, 0.3) is 0 Å². The number of anilines is 1. The molecule has 21 heteroatoms. The number of piperidine rings is 1. The SMILES string of the molecule is CCC[C@H](NC(=O)[C@@H]1C2CCC[C@H]2CN1C(=O)[C@@H](NC(=O)[C@@H](NC(=O)c1cnc(C(=O)NCCCCCCNc2cccc3c2CN(C2CCC(=O)NC2=O)C3=O)cn1)C1CCCCC1)C(C)(C)C)C(=O)C(=O)NC1CC1. The van der Waals surface area contributed by atoms with Crippen LogP contribution in [0, 0.1) is 23.2 Å². The maximum Gasteiger partial charge on any atom is 0.289 e. The first-order valence-corrected chi connectivity index (χ1v) is 28.1. The highest BCUT2D eigenvalue weighted by Crippen LogP contribution is 2.43. The van der Waals surface area contributed by atoms with Gasteiger partial charge >= 0.3 is 0 Å². The minimum Gasteiger partial charge on any atom is -0.385 e. The minimum atomic E-state index is -1.09. The van der Waals surface area contributed by atoms with Crippen LogP contribution in [0.4, 0.5) is 5.69 Å². The Kier molecular flexibility index (Phi) is 18.4. The molecule has 0 bridgehead atoms. The highest BCUT2D eigenvalue weighted by Gasteiger charge is 2.53. The van der Waals surface area contributed by atoms with E-state index in [4.69, 9.17) is 0 Å². The van der Waals surface area contributed by atoms with Gasteiger partial charge in [-0.15, -0.1) is 0 Å². The summed E-state index contributed by atoms with van der Waals surface area (Å²) in [6, 6.07) is 0.735. The fraction of sp³-hybridized carbons (Fsp3) is 0.643. The molecule has 0 radical (unpaired) electrons. The first-order valence-electron chi connectivity index (χ1n) is 28.1. The molecule has 21 nitrogen and oxygen atoms in total. The number of aromatic nitrogens is 2. The lowest BCUT2D eigenvalue weighted by Crippen LogP contribution is -2.62. The van der Waals surface area contributed by atoms with Gasteiger partial charge in [-0.05, 0) is 99.5 Å². The number of carbonyl (C=O) groups excluding carboxylic acids is 10. The van der Waals surface area contributed by atoms with E-state index in [2.05, 4.69) is 47.2 Å². The molecular formula is C56H77N11O10. The van der Waals surface area contributed by atoms with Crippen molar-refractivity contribution in [2.45, 2.75) is 186 Å². The molecule has 416 valence electrons. The second-order valence-corrected chi connectivity index (χ2v) is 23.0. The van der Waals surface area contributed by atoms with E-state index >= 15 is 0 Å². The van der Waals surface area contributed by atoms with Crippen molar-refractivity contribution in [2.24, 2.45) is 23.2 Å². The third kappa shape index (κ3) is 13.7. The van der Waals surface area contributed by atoms with Crippen LogP contribution in [-0.4, -0.2) is 135 Å². The predicted molar refractivity (Wildman–Crippen MR) is 282 cm³/mol. The van der Waals surface area contributed by atoms with Crippen molar-refractivity contribution in [3.8, 4) is 0 Å². The molecule has 1 aromatic heterocycles. The smallest absolute Gasteiger partial charge is 0.289 e. The molecule has 6 aliphatic rings. The summed E-state index contributed by atoms with van der Waals surface area (Å²) in [5, 5.41) is 20.1. The van der Waals surface area contributed by atoms with Crippen molar-refractivity contribution >= 4 is 64.6 Å². The van der Waals surface area contributed by atoms with E-state index < -0.39 is 82.8 Å². The number of likely N-dealkylation sites (tertiary alicyclic amines) is 1. The van der Waals surface area contributed by atoms with E-state index in [1.807, 2.05) is 39.8 Å². The average molecular weight is 1060 g/mol. The largest absolute Gasteiger partial charge is 0.385 e. The van der Waals surface area contributed by atoms with Gasteiger partial charge in [0.25, 0.3) is 23.6 Å². The van der Waals surface area contributed by atoms with Crippen LogP contribution in [0.1, 0.15) is 180 Å². The van der Waals surface area contributed by atoms with Crippen LogP contribution in [-0.2, 0) is 40.1 Å². The molecular weight excluding hydrogens is 987 g/mol. The number of hydrogen-bond donors (Lipinski definition) is 7. The molecule has 0 spiro atoms. The summed E-state index contributed by atoms with van der Waals surface area (Å²) in [6.45, 7) is 9.03. The van der Waals surface area contributed by atoms with Gasteiger partial charge in [-0.2, -0.15) is 0 Å². The second kappa shape index (κ2) is 25.1. The quantitative estimate of drug-likeness (QED) is 0.0477. The summed E-state index contributed by atoms with van der Waals surface area (Å²) in [7, 11) is 0. The Bertz CT molecular complexity index is 2570. The van der Waals surface area contributed by atoms with Gasteiger partial charge in [-0.25, -0.2) is 9.97 Å². The van der Waals surface area contributed by atoms with Gasteiger partial charge in [0.2, 0.25) is 35.3 Å². The Morgan fingerprint density at radius 3 is 2.18 bits per heavy atom. The van der Waals surface area contributed by atoms with E-state index in [1.165, 1.54) is 17.3 Å². The number of unbranched alkanes of at least 4 members (excludes halogenated alkanes) is 3. The first-order chi connectivity index (χ1) is 36.9. The number of fused-ring (bicyclic) bond motifs is 2. The summed E-state index contributed by atoms with van der Waals surface area (Å²) in [5.41, 5.74) is 1.32. The molecule has 4 heterocycles. The zero-order chi connectivity index (χ0) is 55.0. The Morgan fingerprint density at radius 1 is 0.792 bits per heavy atom. The van der Waals surface area contributed by atoms with Crippen LogP contribution in [0.3, 0.4) is 0 Å². The van der Waals surface area contributed by atoms with Crippen LogP contribution >= 0.6 is 0 Å². The van der Waals surface area contributed by atoms with Gasteiger partial charge in [0.15, 0.2) is 0 Å². The first kappa shape index (κ1) is 56.4. The van der Waals surface area contributed by atoms with Gasteiger partial charge in [-0.3, -0.25) is 53.3 Å². The molecule has 2 unspecified atom stereocenters. The van der Waals surface area contributed by atoms with Crippen molar-refractivity contribution in [1.82, 2.24) is 51.7 Å². The third-order valence-corrected chi connectivity index (χ3v) is 16.3. The monoisotopic (exact) mass is 1060 g/mol. The molecule has 9 amide bonds. The Balaban J connectivity index is 0.820. The zero-order valence-electron chi connectivity index (χ0n) is 45.0. The van der Waals surface area contributed by atoms with Crippen LogP contribution in [0.5, 0.6) is 0 Å². The minimum absolute atomic E-state index is 0.0218. The number of nitrogens with zero attached hydrogens (tertiary/aromatic N) is 4.